The van der Waals surface area contributed by atoms with Gasteiger partial charge in [-0.25, -0.2) is 0 Å². The molecule has 6 rings (SSSR count). The lowest BCUT2D eigenvalue weighted by molar-refractivity contribution is 0.0816. The third-order valence-corrected chi connectivity index (χ3v) is 5.40. The van der Waals surface area contributed by atoms with Crippen molar-refractivity contribution in [2.24, 2.45) is 11.8 Å². The van der Waals surface area contributed by atoms with Crippen molar-refractivity contribution < 1.29 is 4.79 Å². The normalized spacial score (nSPS) is 26.0. The average molecular weight is 315 g/mol. The minimum absolute atomic E-state index is 0.0176. The second-order valence-electron chi connectivity index (χ2n) is 6.38. The van der Waals surface area contributed by atoms with E-state index in [0.717, 1.165) is 37.0 Å². The molecule has 1 N–H and O–H groups in total. The Morgan fingerprint density at radius 2 is 2.27 bits per heavy atom. The number of nitrogens with one attached hydrogen (secondary N) is 1. The number of carbonyl (C=O) groups is 1. The van der Waals surface area contributed by atoms with Crippen LogP contribution in [0.1, 0.15) is 16.9 Å². The van der Waals surface area contributed by atoms with E-state index in [-0.39, 0.29) is 5.91 Å². The maximum atomic E-state index is 13.0. The zero-order chi connectivity index (χ0) is 14.8. The fourth-order valence-electron chi connectivity index (χ4n) is 4.12. The van der Waals surface area contributed by atoms with E-state index in [9.17, 15) is 4.79 Å². The molecule has 0 aliphatic carbocycles. The molecule has 2 saturated heterocycles. The molecule has 5 nitrogen and oxygen atoms in total. The number of allylic oxidation sites excluding steroid dienone is 1. The SMILES string of the molecule is O=C(c1n[nH]c2ccc(Cl)cc12)N1C[C@@H]2CN3C=C1[C@H]2CC3. The van der Waals surface area contributed by atoms with Gasteiger partial charge in [-0.2, -0.15) is 5.10 Å². The molecular formula is C16H15ClN4O. The standard InChI is InChI=1S/C16H15ClN4O/c17-10-1-2-13-12(5-10)15(19-18-13)16(22)21-7-9-6-20-4-3-11(9)14(21)8-20/h1-2,5,8-9,11H,3-4,6-7H2,(H,18,19)/t9-,11-/m0/s1. The summed E-state index contributed by atoms with van der Waals surface area (Å²) in [6, 6.07) is 5.46. The Bertz CT molecular complexity index is 827. The molecule has 112 valence electrons. The van der Waals surface area contributed by atoms with Gasteiger partial charge in [-0.15, -0.1) is 0 Å². The van der Waals surface area contributed by atoms with Gasteiger partial charge in [-0.1, -0.05) is 11.6 Å². The molecule has 5 heterocycles. The van der Waals surface area contributed by atoms with Gasteiger partial charge in [0.05, 0.1) is 5.52 Å². The van der Waals surface area contributed by atoms with Crippen LogP contribution in [0, 0.1) is 11.8 Å². The molecule has 4 bridgehead atoms. The number of aromatic amines is 1. The summed E-state index contributed by atoms with van der Waals surface area (Å²) in [6.45, 7) is 3.00. The number of halogens is 1. The summed E-state index contributed by atoms with van der Waals surface area (Å²) in [6.07, 6.45) is 3.32. The number of aromatic nitrogens is 2. The van der Waals surface area contributed by atoms with Crippen molar-refractivity contribution in [1.29, 1.82) is 0 Å². The van der Waals surface area contributed by atoms with Crippen LogP contribution in [0.3, 0.4) is 0 Å². The fraction of sp³-hybridized carbons (Fsp3) is 0.375. The lowest BCUT2D eigenvalue weighted by atomic mass is 9.84. The maximum Gasteiger partial charge on any atom is 0.279 e. The first kappa shape index (κ1) is 12.5. The molecule has 1 aromatic heterocycles. The third kappa shape index (κ3) is 1.60. The molecule has 4 aliphatic rings. The number of nitrogens with zero attached hydrogens (tertiary/aromatic N) is 3. The predicted molar refractivity (Wildman–Crippen MR) is 83.4 cm³/mol. The molecule has 0 radical (unpaired) electrons. The molecule has 0 spiro atoms. The number of fused-ring (bicyclic) bond motifs is 2. The summed E-state index contributed by atoms with van der Waals surface area (Å²) in [4.78, 5) is 17.3. The number of H-pyrrole nitrogens is 1. The summed E-state index contributed by atoms with van der Waals surface area (Å²) in [7, 11) is 0. The second-order valence-corrected chi connectivity index (χ2v) is 6.82. The summed E-state index contributed by atoms with van der Waals surface area (Å²) in [5.74, 6) is 1.10. The van der Waals surface area contributed by atoms with Gasteiger partial charge in [0.1, 0.15) is 0 Å². The Labute approximate surface area is 132 Å². The zero-order valence-corrected chi connectivity index (χ0v) is 12.7. The van der Waals surface area contributed by atoms with E-state index >= 15 is 0 Å². The first-order chi connectivity index (χ1) is 10.7. The quantitative estimate of drug-likeness (QED) is 0.879. The largest absolute Gasteiger partial charge is 0.376 e. The van der Waals surface area contributed by atoms with E-state index in [1.807, 2.05) is 11.0 Å². The number of carbonyl (C=O) groups excluding carboxylic acids is 1. The average Bonchev–Trinajstić information content (AvgIpc) is 3.06. The molecule has 2 aromatic rings. The molecule has 0 saturated carbocycles. The number of hydrogen-bond donors (Lipinski definition) is 1. The Morgan fingerprint density at radius 1 is 1.36 bits per heavy atom. The minimum atomic E-state index is -0.0176. The summed E-state index contributed by atoms with van der Waals surface area (Å²) in [5, 5.41) is 8.58. The fourth-order valence-corrected chi connectivity index (χ4v) is 4.29. The topological polar surface area (TPSA) is 52.2 Å². The van der Waals surface area contributed by atoms with Gasteiger partial charge in [-0.3, -0.25) is 9.89 Å². The lowest BCUT2D eigenvalue weighted by Gasteiger charge is -2.39. The molecule has 2 atom stereocenters. The van der Waals surface area contributed by atoms with Crippen molar-refractivity contribution in [2.45, 2.75) is 6.42 Å². The van der Waals surface area contributed by atoms with E-state index in [2.05, 4.69) is 21.3 Å². The Morgan fingerprint density at radius 3 is 3.09 bits per heavy atom. The number of rotatable bonds is 1. The number of piperidine rings is 1. The van der Waals surface area contributed by atoms with Gasteiger partial charge in [0.15, 0.2) is 5.69 Å². The molecule has 1 amide bonds. The molecular weight excluding hydrogens is 300 g/mol. The van der Waals surface area contributed by atoms with Crippen molar-refractivity contribution >= 4 is 28.4 Å². The number of benzene rings is 1. The van der Waals surface area contributed by atoms with Crippen LogP contribution in [-0.2, 0) is 0 Å². The summed E-state index contributed by atoms with van der Waals surface area (Å²) >= 11 is 6.07. The predicted octanol–water partition coefficient (Wildman–Crippen LogP) is 2.47. The number of amides is 1. The first-order valence-corrected chi connectivity index (χ1v) is 8.00. The summed E-state index contributed by atoms with van der Waals surface area (Å²) in [5.41, 5.74) is 2.48. The Kier molecular flexibility index (Phi) is 2.42. The zero-order valence-electron chi connectivity index (χ0n) is 11.9. The van der Waals surface area contributed by atoms with Gasteiger partial charge in [0, 0.05) is 53.8 Å². The van der Waals surface area contributed by atoms with Crippen molar-refractivity contribution in [3.05, 3.63) is 40.8 Å². The third-order valence-electron chi connectivity index (χ3n) is 5.16. The highest BCUT2D eigenvalue weighted by atomic mass is 35.5. The van der Waals surface area contributed by atoms with Crippen molar-refractivity contribution in [3.8, 4) is 0 Å². The van der Waals surface area contributed by atoms with E-state index in [1.165, 1.54) is 5.70 Å². The highest BCUT2D eigenvalue weighted by Crippen LogP contribution is 2.44. The number of likely N-dealkylation sites (tertiary alicyclic amines) is 1. The smallest absolute Gasteiger partial charge is 0.279 e. The molecule has 6 heteroatoms. The lowest BCUT2D eigenvalue weighted by Crippen LogP contribution is -2.40. The van der Waals surface area contributed by atoms with Gasteiger partial charge in [-0.05, 0) is 24.6 Å². The van der Waals surface area contributed by atoms with Crippen LogP contribution in [0.25, 0.3) is 10.9 Å². The highest BCUT2D eigenvalue weighted by Gasteiger charge is 2.46. The van der Waals surface area contributed by atoms with Crippen molar-refractivity contribution in [3.63, 3.8) is 0 Å². The molecule has 22 heavy (non-hydrogen) atoms. The Hall–Kier alpha value is -2.01. The van der Waals surface area contributed by atoms with Crippen LogP contribution in [-0.4, -0.2) is 45.5 Å². The van der Waals surface area contributed by atoms with E-state index in [0.29, 0.717) is 22.6 Å². The van der Waals surface area contributed by atoms with E-state index < -0.39 is 0 Å². The van der Waals surface area contributed by atoms with Crippen molar-refractivity contribution in [1.82, 2.24) is 20.0 Å². The Balaban J connectivity index is 1.57. The monoisotopic (exact) mass is 314 g/mol. The van der Waals surface area contributed by atoms with Crippen molar-refractivity contribution in [2.75, 3.05) is 19.6 Å². The van der Waals surface area contributed by atoms with Crippen LogP contribution in [0.5, 0.6) is 0 Å². The van der Waals surface area contributed by atoms with Crippen LogP contribution < -0.4 is 0 Å². The molecule has 0 unspecified atom stereocenters. The second kappa shape index (κ2) is 4.26. The maximum absolute atomic E-state index is 13.0. The molecule has 4 aliphatic heterocycles. The van der Waals surface area contributed by atoms with Crippen LogP contribution in [0.15, 0.2) is 30.1 Å². The van der Waals surface area contributed by atoms with Gasteiger partial charge in [0.25, 0.3) is 5.91 Å². The van der Waals surface area contributed by atoms with Crippen LogP contribution >= 0.6 is 11.6 Å². The van der Waals surface area contributed by atoms with E-state index in [4.69, 9.17) is 11.6 Å². The molecule has 2 fully saturated rings. The van der Waals surface area contributed by atoms with Crippen LogP contribution in [0.2, 0.25) is 5.02 Å². The van der Waals surface area contributed by atoms with Gasteiger partial charge < -0.3 is 9.80 Å². The van der Waals surface area contributed by atoms with Crippen LogP contribution in [0.4, 0.5) is 0 Å². The minimum Gasteiger partial charge on any atom is -0.376 e. The highest BCUT2D eigenvalue weighted by molar-refractivity contribution is 6.31. The summed E-state index contributed by atoms with van der Waals surface area (Å²) < 4.78 is 0. The van der Waals surface area contributed by atoms with E-state index in [1.54, 1.807) is 12.1 Å². The van der Waals surface area contributed by atoms with Gasteiger partial charge >= 0.3 is 0 Å². The number of hydrogen-bond acceptors (Lipinski definition) is 3. The molecule has 1 aromatic carbocycles. The first-order valence-electron chi connectivity index (χ1n) is 7.62. The van der Waals surface area contributed by atoms with Gasteiger partial charge in [0.2, 0.25) is 0 Å².